The van der Waals surface area contributed by atoms with Gasteiger partial charge in [-0.2, -0.15) is 0 Å². The van der Waals surface area contributed by atoms with Gasteiger partial charge in [-0.3, -0.25) is 14.9 Å². The summed E-state index contributed by atoms with van der Waals surface area (Å²) in [6.45, 7) is 3.43. The molecule has 21 heavy (non-hydrogen) atoms. The SMILES string of the molecule is O=C(c1ccccc1[N+](=O)[O-])N1CC[C@@H]2CNC[C@@H]2CC1. The first-order chi connectivity index (χ1) is 10.2. The zero-order valence-corrected chi connectivity index (χ0v) is 11.8. The van der Waals surface area contributed by atoms with Crippen molar-refractivity contribution >= 4 is 11.6 Å². The highest BCUT2D eigenvalue weighted by Gasteiger charge is 2.33. The number of carbonyl (C=O) groups excluding carboxylic acids is 1. The van der Waals surface area contributed by atoms with Crippen LogP contribution in [0.4, 0.5) is 5.69 Å². The molecule has 0 aliphatic carbocycles. The van der Waals surface area contributed by atoms with Gasteiger partial charge in [-0.05, 0) is 43.8 Å². The Hall–Kier alpha value is -1.95. The van der Waals surface area contributed by atoms with E-state index in [2.05, 4.69) is 5.32 Å². The second-order valence-electron chi connectivity index (χ2n) is 5.82. The van der Waals surface area contributed by atoms with Crippen molar-refractivity contribution in [3.63, 3.8) is 0 Å². The van der Waals surface area contributed by atoms with Gasteiger partial charge in [0.2, 0.25) is 0 Å². The molecule has 1 amide bonds. The molecule has 112 valence electrons. The van der Waals surface area contributed by atoms with E-state index in [1.54, 1.807) is 23.1 Å². The fraction of sp³-hybridized carbons (Fsp3) is 0.533. The molecule has 2 aliphatic heterocycles. The van der Waals surface area contributed by atoms with E-state index in [-0.39, 0.29) is 17.2 Å². The van der Waals surface area contributed by atoms with E-state index in [1.165, 1.54) is 6.07 Å². The van der Waals surface area contributed by atoms with Gasteiger partial charge in [-0.25, -0.2) is 0 Å². The van der Waals surface area contributed by atoms with Crippen LogP contribution in [0.3, 0.4) is 0 Å². The molecular weight excluding hydrogens is 270 g/mol. The number of likely N-dealkylation sites (tertiary alicyclic amines) is 1. The number of nitro benzene ring substituents is 1. The van der Waals surface area contributed by atoms with Gasteiger partial charge in [0.15, 0.2) is 0 Å². The number of fused-ring (bicyclic) bond motifs is 1. The predicted octanol–water partition coefficient (Wildman–Crippen LogP) is 1.67. The summed E-state index contributed by atoms with van der Waals surface area (Å²) < 4.78 is 0. The molecule has 1 aromatic rings. The molecule has 0 bridgehead atoms. The van der Waals surface area contributed by atoms with E-state index < -0.39 is 4.92 Å². The van der Waals surface area contributed by atoms with Gasteiger partial charge >= 0.3 is 0 Å². The Kier molecular flexibility index (Phi) is 3.88. The Labute approximate surface area is 123 Å². The zero-order chi connectivity index (χ0) is 14.8. The number of nitro groups is 1. The van der Waals surface area contributed by atoms with E-state index in [4.69, 9.17) is 0 Å². The van der Waals surface area contributed by atoms with Crippen LogP contribution < -0.4 is 5.32 Å². The third kappa shape index (κ3) is 2.76. The lowest BCUT2D eigenvalue weighted by Gasteiger charge is -2.20. The third-order valence-corrected chi connectivity index (χ3v) is 4.64. The van der Waals surface area contributed by atoms with Crippen LogP contribution in [0.25, 0.3) is 0 Å². The smallest absolute Gasteiger partial charge is 0.282 e. The maximum absolute atomic E-state index is 12.6. The largest absolute Gasteiger partial charge is 0.338 e. The van der Waals surface area contributed by atoms with Crippen molar-refractivity contribution in [1.82, 2.24) is 10.2 Å². The summed E-state index contributed by atoms with van der Waals surface area (Å²) in [6, 6.07) is 6.21. The average molecular weight is 289 g/mol. The molecule has 2 fully saturated rings. The van der Waals surface area contributed by atoms with Gasteiger partial charge in [0.1, 0.15) is 5.56 Å². The monoisotopic (exact) mass is 289 g/mol. The van der Waals surface area contributed by atoms with Gasteiger partial charge in [0.05, 0.1) is 4.92 Å². The number of nitrogens with one attached hydrogen (secondary N) is 1. The van der Waals surface area contributed by atoms with Crippen molar-refractivity contribution in [3.05, 3.63) is 39.9 Å². The highest BCUT2D eigenvalue weighted by Crippen LogP contribution is 2.28. The van der Waals surface area contributed by atoms with Crippen LogP contribution in [0, 0.1) is 22.0 Å². The molecule has 0 spiro atoms. The van der Waals surface area contributed by atoms with Crippen molar-refractivity contribution in [1.29, 1.82) is 0 Å². The fourth-order valence-electron chi connectivity index (χ4n) is 3.41. The van der Waals surface area contributed by atoms with Gasteiger partial charge in [-0.15, -0.1) is 0 Å². The quantitative estimate of drug-likeness (QED) is 0.663. The second-order valence-corrected chi connectivity index (χ2v) is 5.82. The number of para-hydroxylation sites is 1. The normalized spacial score (nSPS) is 25.2. The first kappa shape index (κ1) is 14.0. The zero-order valence-electron chi connectivity index (χ0n) is 11.8. The second kappa shape index (κ2) is 5.81. The molecule has 2 saturated heterocycles. The standard InChI is InChI=1S/C15H19N3O3/c19-15(13-3-1-2-4-14(13)18(20)21)17-7-5-11-9-16-10-12(11)6-8-17/h1-4,11-12,16H,5-10H2/t11-,12+. The molecule has 2 aliphatic rings. The molecule has 0 saturated carbocycles. The van der Waals surface area contributed by atoms with Crippen LogP contribution in [-0.4, -0.2) is 41.9 Å². The van der Waals surface area contributed by atoms with E-state index in [1.807, 2.05) is 0 Å². The maximum Gasteiger partial charge on any atom is 0.282 e. The molecule has 0 radical (unpaired) electrons. The van der Waals surface area contributed by atoms with Crippen molar-refractivity contribution in [2.45, 2.75) is 12.8 Å². The number of amides is 1. The van der Waals surface area contributed by atoms with Crippen LogP contribution in [-0.2, 0) is 0 Å². The van der Waals surface area contributed by atoms with Crippen LogP contribution >= 0.6 is 0 Å². The highest BCUT2D eigenvalue weighted by molar-refractivity contribution is 5.98. The Bertz CT molecular complexity index is 547. The summed E-state index contributed by atoms with van der Waals surface area (Å²) in [6.07, 6.45) is 1.95. The topological polar surface area (TPSA) is 75.5 Å². The predicted molar refractivity (Wildman–Crippen MR) is 78.1 cm³/mol. The molecule has 0 unspecified atom stereocenters. The minimum absolute atomic E-state index is 0.103. The summed E-state index contributed by atoms with van der Waals surface area (Å²) >= 11 is 0. The molecule has 1 N–H and O–H groups in total. The van der Waals surface area contributed by atoms with Gasteiger partial charge in [0, 0.05) is 19.2 Å². The Morgan fingerprint density at radius 1 is 1.19 bits per heavy atom. The van der Waals surface area contributed by atoms with Crippen molar-refractivity contribution in [3.8, 4) is 0 Å². The Morgan fingerprint density at radius 3 is 2.43 bits per heavy atom. The van der Waals surface area contributed by atoms with Crippen LogP contribution in [0.2, 0.25) is 0 Å². The molecule has 6 heteroatoms. The van der Waals surface area contributed by atoms with Gasteiger partial charge in [-0.1, -0.05) is 12.1 Å². The van der Waals surface area contributed by atoms with Crippen molar-refractivity contribution in [2.75, 3.05) is 26.2 Å². The summed E-state index contributed by atoms with van der Waals surface area (Å²) in [5, 5.41) is 14.5. The lowest BCUT2D eigenvalue weighted by Crippen LogP contribution is -2.33. The average Bonchev–Trinajstić information content (AvgIpc) is 2.85. The van der Waals surface area contributed by atoms with Gasteiger partial charge < -0.3 is 10.2 Å². The lowest BCUT2D eigenvalue weighted by molar-refractivity contribution is -0.385. The van der Waals surface area contributed by atoms with Crippen LogP contribution in [0.15, 0.2) is 24.3 Å². The first-order valence-electron chi connectivity index (χ1n) is 7.40. The summed E-state index contributed by atoms with van der Waals surface area (Å²) in [7, 11) is 0. The number of nitrogens with zero attached hydrogens (tertiary/aromatic N) is 2. The maximum atomic E-state index is 12.6. The first-order valence-corrected chi connectivity index (χ1v) is 7.40. The molecule has 1 aromatic carbocycles. The van der Waals surface area contributed by atoms with Crippen molar-refractivity contribution in [2.24, 2.45) is 11.8 Å². The number of carbonyl (C=O) groups is 1. The van der Waals surface area contributed by atoms with E-state index in [0.29, 0.717) is 24.9 Å². The number of hydrogen-bond donors (Lipinski definition) is 1. The van der Waals surface area contributed by atoms with E-state index in [9.17, 15) is 14.9 Å². The molecular formula is C15H19N3O3. The molecule has 3 rings (SSSR count). The summed E-state index contributed by atoms with van der Waals surface area (Å²) in [4.78, 5) is 25.0. The lowest BCUT2D eigenvalue weighted by atomic mass is 9.92. The van der Waals surface area contributed by atoms with Crippen LogP contribution in [0.1, 0.15) is 23.2 Å². The number of benzene rings is 1. The Morgan fingerprint density at radius 2 is 1.81 bits per heavy atom. The number of rotatable bonds is 2. The minimum Gasteiger partial charge on any atom is -0.338 e. The fourth-order valence-corrected chi connectivity index (χ4v) is 3.41. The number of hydrogen-bond acceptors (Lipinski definition) is 4. The molecule has 0 aromatic heterocycles. The van der Waals surface area contributed by atoms with Gasteiger partial charge in [0.25, 0.3) is 11.6 Å². The van der Waals surface area contributed by atoms with Crippen molar-refractivity contribution < 1.29 is 9.72 Å². The third-order valence-electron chi connectivity index (χ3n) is 4.64. The highest BCUT2D eigenvalue weighted by atomic mass is 16.6. The van der Waals surface area contributed by atoms with Crippen LogP contribution in [0.5, 0.6) is 0 Å². The molecule has 2 atom stereocenters. The molecule has 2 heterocycles. The Balaban J connectivity index is 1.78. The van der Waals surface area contributed by atoms with E-state index in [0.717, 1.165) is 25.9 Å². The molecule has 6 nitrogen and oxygen atoms in total. The summed E-state index contributed by atoms with van der Waals surface area (Å²) in [5.41, 5.74) is 0.0984. The minimum atomic E-state index is -0.482. The summed E-state index contributed by atoms with van der Waals surface area (Å²) in [5.74, 6) is 1.05. The van der Waals surface area contributed by atoms with E-state index >= 15 is 0 Å².